The van der Waals surface area contributed by atoms with Crippen LogP contribution in [0.3, 0.4) is 0 Å². The van der Waals surface area contributed by atoms with Crippen molar-refractivity contribution in [1.29, 1.82) is 5.26 Å². The minimum absolute atomic E-state index is 0.0610. The Morgan fingerprint density at radius 3 is 2.44 bits per heavy atom. The van der Waals surface area contributed by atoms with E-state index < -0.39 is 28.1 Å². The molecule has 1 aromatic carbocycles. The van der Waals surface area contributed by atoms with Crippen molar-refractivity contribution < 1.29 is 22.5 Å². The highest BCUT2D eigenvalue weighted by molar-refractivity contribution is 7.85. The molecule has 0 spiro atoms. The minimum atomic E-state index is -4.07. The van der Waals surface area contributed by atoms with Crippen molar-refractivity contribution >= 4 is 27.6 Å². The van der Waals surface area contributed by atoms with Crippen molar-refractivity contribution in [3.05, 3.63) is 35.9 Å². The van der Waals surface area contributed by atoms with Gasteiger partial charge in [-0.15, -0.1) is 0 Å². The predicted octanol–water partition coefficient (Wildman–Crippen LogP) is 2.34. The van der Waals surface area contributed by atoms with E-state index in [1.54, 1.807) is 6.08 Å². The van der Waals surface area contributed by atoms with Gasteiger partial charge < -0.3 is 9.64 Å². The summed E-state index contributed by atoms with van der Waals surface area (Å²) in [6, 6.07) is 9.63. The summed E-state index contributed by atoms with van der Waals surface area (Å²) in [5, 5.41) is 8.72. The maximum atomic E-state index is 12.0. The number of amides is 1. The van der Waals surface area contributed by atoms with Gasteiger partial charge in [0.05, 0.1) is 18.4 Å². The lowest BCUT2D eigenvalue weighted by Crippen LogP contribution is -2.30. The zero-order valence-electron chi connectivity index (χ0n) is 14.7. The molecular formula is C18H21N3O5S. The Balaban J connectivity index is 1.60. The molecule has 27 heavy (non-hydrogen) atoms. The fourth-order valence-electron chi connectivity index (χ4n) is 3.29. The molecule has 3 rings (SSSR count). The number of cyclic esters (lactones) is 1. The van der Waals surface area contributed by atoms with Gasteiger partial charge in [-0.25, -0.2) is 4.79 Å². The zero-order chi connectivity index (χ0) is 19.4. The molecule has 2 aliphatic rings. The van der Waals surface area contributed by atoms with Crippen molar-refractivity contribution in [3.63, 3.8) is 0 Å². The predicted molar refractivity (Wildman–Crippen MR) is 100 cm³/mol. The number of carbonyl (C=O) groups excluding carboxylic acids is 1. The first-order valence-corrected chi connectivity index (χ1v) is 10.3. The highest BCUT2D eigenvalue weighted by Gasteiger charge is 2.33. The number of anilines is 2. The minimum Gasteiger partial charge on any atom is -0.444 e. The lowest BCUT2D eigenvalue weighted by molar-refractivity contribution is 0.139. The van der Waals surface area contributed by atoms with Crippen LogP contribution in [0.2, 0.25) is 0 Å². The van der Waals surface area contributed by atoms with Gasteiger partial charge in [0.15, 0.2) is 0 Å². The van der Waals surface area contributed by atoms with E-state index in [0.717, 1.165) is 31.6 Å². The Hall–Kier alpha value is -2.57. The Morgan fingerprint density at radius 2 is 1.85 bits per heavy atom. The molecule has 2 saturated heterocycles. The summed E-state index contributed by atoms with van der Waals surface area (Å²) in [5.41, 5.74) is 2.89. The second kappa shape index (κ2) is 7.98. The highest BCUT2D eigenvalue weighted by Crippen LogP contribution is 2.28. The third-order valence-corrected chi connectivity index (χ3v) is 5.52. The average Bonchev–Trinajstić information content (AvgIpc) is 3.01. The summed E-state index contributed by atoms with van der Waals surface area (Å²) in [5.74, 6) is -0.436. The largest absolute Gasteiger partial charge is 0.444 e. The molecule has 144 valence electrons. The summed E-state index contributed by atoms with van der Waals surface area (Å²) in [7, 11) is -4.07. The lowest BCUT2D eigenvalue weighted by Gasteiger charge is -2.30. The molecule has 0 saturated carbocycles. The van der Waals surface area contributed by atoms with Crippen molar-refractivity contribution in [2.45, 2.75) is 25.4 Å². The Labute approximate surface area is 158 Å². The van der Waals surface area contributed by atoms with Crippen LogP contribution in [-0.2, 0) is 14.9 Å². The third-order valence-electron chi connectivity index (χ3n) is 4.77. The molecule has 1 atom stereocenters. The number of ether oxygens (including phenoxy) is 1. The van der Waals surface area contributed by atoms with Crippen molar-refractivity contribution in [3.8, 4) is 6.07 Å². The van der Waals surface area contributed by atoms with Crippen LogP contribution in [0.25, 0.3) is 0 Å². The number of nitriles is 1. The fourth-order valence-corrected chi connectivity index (χ4v) is 3.85. The number of rotatable bonds is 5. The van der Waals surface area contributed by atoms with E-state index in [4.69, 9.17) is 14.6 Å². The smallest absolute Gasteiger partial charge is 0.414 e. The summed E-state index contributed by atoms with van der Waals surface area (Å²) >= 11 is 0. The quantitative estimate of drug-likeness (QED) is 0.606. The fraction of sp³-hybridized carbons (Fsp3) is 0.444. The molecule has 1 amide bonds. The Kier molecular flexibility index (Phi) is 5.68. The van der Waals surface area contributed by atoms with Crippen LogP contribution in [0.1, 0.15) is 19.3 Å². The Bertz CT molecular complexity index is 863. The van der Waals surface area contributed by atoms with Crippen LogP contribution >= 0.6 is 0 Å². The van der Waals surface area contributed by atoms with E-state index in [9.17, 15) is 13.2 Å². The van der Waals surface area contributed by atoms with Crippen molar-refractivity contribution in [2.75, 3.05) is 35.2 Å². The van der Waals surface area contributed by atoms with Gasteiger partial charge in [0, 0.05) is 37.0 Å². The number of hydrogen-bond donors (Lipinski definition) is 1. The van der Waals surface area contributed by atoms with E-state index >= 15 is 0 Å². The van der Waals surface area contributed by atoms with Crippen LogP contribution < -0.4 is 9.80 Å². The van der Waals surface area contributed by atoms with Crippen LogP contribution in [0.4, 0.5) is 16.2 Å². The molecule has 0 bridgehead atoms. The molecule has 2 fully saturated rings. The number of piperidine rings is 1. The number of hydrogen-bond acceptors (Lipinski definition) is 6. The third kappa shape index (κ3) is 4.99. The van der Waals surface area contributed by atoms with Crippen LogP contribution in [0, 0.1) is 11.3 Å². The second-order valence-corrected chi connectivity index (χ2v) is 8.20. The summed E-state index contributed by atoms with van der Waals surface area (Å²) in [6.45, 7) is 1.94. The maximum absolute atomic E-state index is 12.0. The van der Waals surface area contributed by atoms with Gasteiger partial charge >= 0.3 is 6.09 Å². The topological polar surface area (TPSA) is 111 Å². The first-order chi connectivity index (χ1) is 12.9. The average molecular weight is 391 g/mol. The monoisotopic (exact) mass is 391 g/mol. The molecular weight excluding hydrogens is 370 g/mol. The van der Waals surface area contributed by atoms with Gasteiger partial charge in [0.1, 0.15) is 6.10 Å². The first kappa shape index (κ1) is 19.2. The van der Waals surface area contributed by atoms with Crippen molar-refractivity contribution in [2.24, 2.45) is 0 Å². The van der Waals surface area contributed by atoms with E-state index in [0.29, 0.717) is 5.69 Å². The number of benzene rings is 1. The molecule has 1 N–H and O–H groups in total. The first-order valence-electron chi connectivity index (χ1n) is 8.71. The normalized spacial score (nSPS) is 20.4. The standard InChI is InChI=1S/C18H21N3O5S/c19-9-5-14-6-10-20(11-7-14)15-1-3-16(4-2-15)21-13-17(26-18(21)22)8-12-27(23,24)25/h1-5,17H,6-8,10-13H2,(H,23,24,25). The van der Waals surface area contributed by atoms with Crippen LogP contribution in [0.5, 0.6) is 0 Å². The van der Waals surface area contributed by atoms with E-state index in [1.165, 1.54) is 10.5 Å². The van der Waals surface area contributed by atoms with Gasteiger partial charge in [0.2, 0.25) is 0 Å². The lowest BCUT2D eigenvalue weighted by atomic mass is 10.0. The highest BCUT2D eigenvalue weighted by atomic mass is 32.2. The molecule has 0 aromatic heterocycles. The van der Waals surface area contributed by atoms with Gasteiger partial charge in [-0.3, -0.25) is 9.45 Å². The molecule has 9 heteroatoms. The summed E-state index contributed by atoms with van der Waals surface area (Å²) in [6.07, 6.45) is 2.33. The van der Waals surface area contributed by atoms with Gasteiger partial charge in [0.25, 0.3) is 10.1 Å². The summed E-state index contributed by atoms with van der Waals surface area (Å²) < 4.78 is 35.7. The number of nitrogens with zero attached hydrogens (tertiary/aromatic N) is 3. The molecule has 0 aliphatic carbocycles. The molecule has 1 unspecified atom stereocenters. The number of carbonyl (C=O) groups is 1. The molecule has 0 radical (unpaired) electrons. The van der Waals surface area contributed by atoms with Gasteiger partial charge in [-0.1, -0.05) is 5.57 Å². The molecule has 8 nitrogen and oxygen atoms in total. The molecule has 2 heterocycles. The summed E-state index contributed by atoms with van der Waals surface area (Å²) in [4.78, 5) is 15.7. The molecule has 2 aliphatic heterocycles. The SMILES string of the molecule is N#CC=C1CCN(c2ccc(N3CC(CCS(=O)(=O)O)OC3=O)cc2)CC1. The van der Waals surface area contributed by atoms with E-state index in [2.05, 4.69) is 11.0 Å². The van der Waals surface area contributed by atoms with E-state index in [1.807, 2.05) is 24.3 Å². The maximum Gasteiger partial charge on any atom is 0.414 e. The van der Waals surface area contributed by atoms with Crippen LogP contribution in [-0.4, -0.2) is 50.6 Å². The second-order valence-electron chi connectivity index (χ2n) is 6.63. The van der Waals surface area contributed by atoms with Gasteiger partial charge in [-0.2, -0.15) is 13.7 Å². The van der Waals surface area contributed by atoms with E-state index in [-0.39, 0.29) is 13.0 Å². The zero-order valence-corrected chi connectivity index (χ0v) is 15.6. The van der Waals surface area contributed by atoms with Crippen LogP contribution in [0.15, 0.2) is 35.9 Å². The number of allylic oxidation sites excluding steroid dienone is 1. The van der Waals surface area contributed by atoms with Gasteiger partial charge in [-0.05, 0) is 37.1 Å². The van der Waals surface area contributed by atoms with Crippen molar-refractivity contribution in [1.82, 2.24) is 0 Å². The molecule has 1 aromatic rings. The Morgan fingerprint density at radius 1 is 1.22 bits per heavy atom.